The predicted molar refractivity (Wildman–Crippen MR) is 85.7 cm³/mol. The molecule has 7 heteroatoms. The third-order valence-electron chi connectivity index (χ3n) is 4.55. The van der Waals surface area contributed by atoms with Crippen LogP contribution in [0.5, 0.6) is 0 Å². The van der Waals surface area contributed by atoms with Gasteiger partial charge in [-0.3, -0.25) is 9.69 Å². The minimum atomic E-state index is -3.74. The average Bonchev–Trinajstić information content (AvgIpc) is 2.73. The van der Waals surface area contributed by atoms with Gasteiger partial charge in [-0.15, -0.1) is 0 Å². The molecule has 0 spiro atoms. The van der Waals surface area contributed by atoms with Gasteiger partial charge in [0, 0.05) is 19.1 Å². The van der Waals surface area contributed by atoms with Crippen LogP contribution >= 0.6 is 0 Å². The SMILES string of the molecule is CC(C)[C@H](CN1C(=O)c2ccccc2S1(=O)=O)N1CCOCC1. The molecule has 0 radical (unpaired) electrons. The van der Waals surface area contributed by atoms with E-state index in [-0.39, 0.29) is 29.0 Å². The molecule has 2 heterocycles. The second-order valence-electron chi connectivity index (χ2n) is 6.30. The molecule has 6 nitrogen and oxygen atoms in total. The number of rotatable bonds is 4. The Balaban J connectivity index is 1.88. The van der Waals surface area contributed by atoms with Crippen LogP contribution in [-0.4, -0.2) is 62.4 Å². The molecule has 3 rings (SSSR count). The molecule has 23 heavy (non-hydrogen) atoms. The Morgan fingerprint density at radius 2 is 1.83 bits per heavy atom. The maximum Gasteiger partial charge on any atom is 0.269 e. The van der Waals surface area contributed by atoms with Crippen molar-refractivity contribution in [3.8, 4) is 0 Å². The van der Waals surface area contributed by atoms with Gasteiger partial charge in [-0.05, 0) is 18.1 Å². The largest absolute Gasteiger partial charge is 0.379 e. The van der Waals surface area contributed by atoms with Gasteiger partial charge in [0.25, 0.3) is 15.9 Å². The molecule has 1 aromatic carbocycles. The molecule has 1 saturated heterocycles. The van der Waals surface area contributed by atoms with Gasteiger partial charge in [0.05, 0.1) is 25.3 Å². The Kier molecular flexibility index (Phi) is 4.44. The number of hydrogen-bond acceptors (Lipinski definition) is 5. The van der Waals surface area contributed by atoms with Crippen LogP contribution in [0.15, 0.2) is 29.2 Å². The summed E-state index contributed by atoms with van der Waals surface area (Å²) in [6, 6.07) is 6.41. The third-order valence-corrected chi connectivity index (χ3v) is 6.36. The highest BCUT2D eigenvalue weighted by Crippen LogP contribution is 2.31. The number of carbonyl (C=O) groups is 1. The molecule has 1 amide bonds. The van der Waals surface area contributed by atoms with Gasteiger partial charge < -0.3 is 4.74 Å². The van der Waals surface area contributed by atoms with E-state index in [1.165, 1.54) is 6.07 Å². The smallest absolute Gasteiger partial charge is 0.269 e. The normalized spacial score (nSPS) is 22.4. The molecule has 0 aliphatic carbocycles. The fourth-order valence-corrected chi connectivity index (χ4v) is 4.83. The molecule has 1 aromatic rings. The van der Waals surface area contributed by atoms with E-state index in [9.17, 15) is 13.2 Å². The highest BCUT2D eigenvalue weighted by Gasteiger charge is 2.43. The number of ether oxygens (including phenoxy) is 1. The number of benzene rings is 1. The number of fused-ring (bicyclic) bond motifs is 1. The average molecular weight is 338 g/mol. The number of nitrogens with zero attached hydrogens (tertiary/aromatic N) is 2. The number of carbonyl (C=O) groups excluding carboxylic acids is 1. The molecule has 0 aromatic heterocycles. The first kappa shape index (κ1) is 16.4. The topological polar surface area (TPSA) is 66.9 Å². The summed E-state index contributed by atoms with van der Waals surface area (Å²) in [5.41, 5.74) is 0.275. The number of hydrogen-bond donors (Lipinski definition) is 0. The molecule has 2 aliphatic heterocycles. The van der Waals surface area contributed by atoms with Crippen LogP contribution in [0.4, 0.5) is 0 Å². The van der Waals surface area contributed by atoms with E-state index in [2.05, 4.69) is 18.7 Å². The van der Waals surface area contributed by atoms with Crippen molar-refractivity contribution in [3.63, 3.8) is 0 Å². The van der Waals surface area contributed by atoms with Crippen molar-refractivity contribution in [3.05, 3.63) is 29.8 Å². The zero-order valence-corrected chi connectivity index (χ0v) is 14.3. The Morgan fingerprint density at radius 1 is 1.17 bits per heavy atom. The van der Waals surface area contributed by atoms with Gasteiger partial charge in [0.1, 0.15) is 4.90 Å². The van der Waals surface area contributed by atoms with Crippen molar-refractivity contribution in [2.75, 3.05) is 32.8 Å². The first-order valence-electron chi connectivity index (χ1n) is 7.91. The van der Waals surface area contributed by atoms with Crippen molar-refractivity contribution in [2.24, 2.45) is 5.92 Å². The van der Waals surface area contributed by atoms with Gasteiger partial charge >= 0.3 is 0 Å². The Morgan fingerprint density at radius 3 is 2.43 bits per heavy atom. The van der Waals surface area contributed by atoms with E-state index in [4.69, 9.17) is 4.74 Å². The lowest BCUT2D eigenvalue weighted by atomic mass is 10.0. The van der Waals surface area contributed by atoms with Crippen LogP contribution in [0.25, 0.3) is 0 Å². The second kappa shape index (κ2) is 6.22. The summed E-state index contributed by atoms with van der Waals surface area (Å²) in [6.07, 6.45) is 0. The highest BCUT2D eigenvalue weighted by atomic mass is 32.2. The summed E-state index contributed by atoms with van der Waals surface area (Å²) in [7, 11) is -3.74. The van der Waals surface area contributed by atoms with Crippen molar-refractivity contribution >= 4 is 15.9 Å². The molecule has 2 aliphatic rings. The minimum absolute atomic E-state index is 0.00747. The van der Waals surface area contributed by atoms with Crippen molar-refractivity contribution in [1.82, 2.24) is 9.21 Å². The lowest BCUT2D eigenvalue weighted by Gasteiger charge is -2.38. The molecular formula is C16H22N2O4S. The van der Waals surface area contributed by atoms with Gasteiger partial charge in [0.15, 0.2) is 0 Å². The van der Waals surface area contributed by atoms with Crippen LogP contribution in [0.2, 0.25) is 0 Å². The molecule has 0 N–H and O–H groups in total. The summed E-state index contributed by atoms with van der Waals surface area (Å²) in [6.45, 7) is 7.11. The zero-order valence-electron chi connectivity index (χ0n) is 13.4. The van der Waals surface area contributed by atoms with Crippen molar-refractivity contribution < 1.29 is 17.9 Å². The molecule has 0 unspecified atom stereocenters. The van der Waals surface area contributed by atoms with Crippen LogP contribution in [0, 0.1) is 5.92 Å². The van der Waals surface area contributed by atoms with E-state index in [1.807, 2.05) is 0 Å². The molecule has 1 fully saturated rings. The molecule has 126 valence electrons. The quantitative estimate of drug-likeness (QED) is 0.825. The molecular weight excluding hydrogens is 316 g/mol. The number of sulfonamides is 1. The van der Waals surface area contributed by atoms with Crippen molar-refractivity contribution in [2.45, 2.75) is 24.8 Å². The summed E-state index contributed by atoms with van der Waals surface area (Å²) >= 11 is 0. The summed E-state index contributed by atoms with van der Waals surface area (Å²) in [5.74, 6) is -0.181. The maximum atomic E-state index is 12.7. The molecule has 0 saturated carbocycles. The molecule has 0 bridgehead atoms. The lowest BCUT2D eigenvalue weighted by Crippen LogP contribution is -2.52. The van der Waals surface area contributed by atoms with Crippen LogP contribution in [0.3, 0.4) is 0 Å². The second-order valence-corrected chi connectivity index (χ2v) is 8.13. The first-order valence-corrected chi connectivity index (χ1v) is 9.35. The van der Waals surface area contributed by atoms with Crippen LogP contribution in [0.1, 0.15) is 24.2 Å². The van der Waals surface area contributed by atoms with E-state index in [0.29, 0.717) is 13.2 Å². The standard InChI is InChI=1S/C16H22N2O4S/c1-12(2)14(17-7-9-22-10-8-17)11-18-16(19)13-5-3-4-6-15(13)23(18,20)21/h3-6,12,14H,7-11H2,1-2H3/t14-/m0/s1. The Bertz CT molecular complexity index is 696. The van der Waals surface area contributed by atoms with Crippen molar-refractivity contribution in [1.29, 1.82) is 0 Å². The summed E-state index contributed by atoms with van der Waals surface area (Å²) in [5, 5.41) is 0. The molecule has 1 atom stereocenters. The monoisotopic (exact) mass is 338 g/mol. The Labute approximate surface area is 137 Å². The maximum absolute atomic E-state index is 12.7. The fourth-order valence-electron chi connectivity index (χ4n) is 3.24. The van der Waals surface area contributed by atoms with Gasteiger partial charge in [-0.1, -0.05) is 26.0 Å². The minimum Gasteiger partial charge on any atom is -0.379 e. The van der Waals surface area contributed by atoms with E-state index in [1.54, 1.807) is 18.2 Å². The number of morpholine rings is 1. The third kappa shape index (κ3) is 2.88. The Hall–Kier alpha value is -1.44. The fraction of sp³-hybridized carbons (Fsp3) is 0.562. The van der Waals surface area contributed by atoms with Gasteiger partial charge in [0.2, 0.25) is 0 Å². The van der Waals surface area contributed by atoms with Crippen LogP contribution in [-0.2, 0) is 14.8 Å². The van der Waals surface area contributed by atoms with Crippen LogP contribution < -0.4 is 0 Å². The predicted octanol–water partition coefficient (Wildman–Crippen LogP) is 1.19. The summed E-state index contributed by atoms with van der Waals surface area (Å²) < 4.78 is 31.8. The van der Waals surface area contributed by atoms with E-state index >= 15 is 0 Å². The summed E-state index contributed by atoms with van der Waals surface area (Å²) in [4.78, 5) is 14.9. The van der Waals surface area contributed by atoms with Gasteiger partial charge in [-0.25, -0.2) is 12.7 Å². The lowest BCUT2D eigenvalue weighted by molar-refractivity contribution is 0.00278. The first-order chi connectivity index (χ1) is 10.9. The highest BCUT2D eigenvalue weighted by molar-refractivity contribution is 7.90. The van der Waals surface area contributed by atoms with Gasteiger partial charge in [-0.2, -0.15) is 0 Å². The zero-order chi connectivity index (χ0) is 16.6. The number of amides is 1. The van der Waals surface area contributed by atoms with E-state index < -0.39 is 15.9 Å². The van der Waals surface area contributed by atoms with E-state index in [0.717, 1.165) is 17.4 Å².